The summed E-state index contributed by atoms with van der Waals surface area (Å²) in [4.78, 5) is 17.3. The molecule has 0 saturated heterocycles. The van der Waals surface area contributed by atoms with Gasteiger partial charge in [0.05, 0.1) is 12.2 Å². The number of halogens is 1. The SMILES string of the molecule is O=C(/C=C/c1c(Cl)nc2sccn12)NCc1ccccc1Cn1cccn1. The Kier molecular flexibility index (Phi) is 5.04. The van der Waals surface area contributed by atoms with Gasteiger partial charge in [0.2, 0.25) is 5.91 Å². The van der Waals surface area contributed by atoms with Crippen LogP contribution in [0.15, 0.2) is 60.4 Å². The molecular weight excluding hydrogens is 382 g/mol. The van der Waals surface area contributed by atoms with E-state index >= 15 is 0 Å². The number of nitrogens with one attached hydrogen (secondary N) is 1. The van der Waals surface area contributed by atoms with Crippen molar-refractivity contribution in [3.63, 3.8) is 0 Å². The lowest BCUT2D eigenvalue weighted by Crippen LogP contribution is -2.21. The largest absolute Gasteiger partial charge is 0.348 e. The van der Waals surface area contributed by atoms with Crippen molar-refractivity contribution in [3.05, 3.63) is 82.4 Å². The molecule has 0 radical (unpaired) electrons. The number of amides is 1. The highest BCUT2D eigenvalue weighted by Crippen LogP contribution is 2.22. The van der Waals surface area contributed by atoms with E-state index in [2.05, 4.69) is 15.4 Å². The van der Waals surface area contributed by atoms with E-state index in [0.717, 1.165) is 16.1 Å². The summed E-state index contributed by atoms with van der Waals surface area (Å²) in [5.74, 6) is -0.190. The van der Waals surface area contributed by atoms with Crippen molar-refractivity contribution in [2.75, 3.05) is 0 Å². The molecule has 27 heavy (non-hydrogen) atoms. The molecule has 0 aliphatic heterocycles. The number of thiazole rings is 1. The second kappa shape index (κ2) is 7.77. The number of aromatic nitrogens is 4. The monoisotopic (exact) mass is 397 g/mol. The molecule has 8 heteroatoms. The molecule has 1 amide bonds. The normalized spacial score (nSPS) is 11.4. The maximum Gasteiger partial charge on any atom is 0.244 e. The molecule has 1 aromatic carbocycles. The standard InChI is InChI=1S/C19H16ClN5OS/c20-18-16(25-10-11-27-19(25)23-18)6-7-17(26)21-12-14-4-1-2-5-15(14)13-24-9-3-8-22-24/h1-11H,12-13H2,(H,21,26)/b7-6+. The topological polar surface area (TPSA) is 64.2 Å². The second-order valence-electron chi connectivity index (χ2n) is 5.87. The van der Waals surface area contributed by atoms with E-state index in [1.165, 1.54) is 17.4 Å². The van der Waals surface area contributed by atoms with E-state index in [9.17, 15) is 4.79 Å². The van der Waals surface area contributed by atoms with Crippen molar-refractivity contribution in [3.8, 4) is 0 Å². The minimum Gasteiger partial charge on any atom is -0.348 e. The zero-order valence-electron chi connectivity index (χ0n) is 14.2. The minimum absolute atomic E-state index is 0.190. The Morgan fingerprint density at radius 3 is 2.89 bits per heavy atom. The van der Waals surface area contributed by atoms with Gasteiger partial charge in [-0.3, -0.25) is 13.9 Å². The van der Waals surface area contributed by atoms with Crippen LogP contribution in [0.1, 0.15) is 16.8 Å². The van der Waals surface area contributed by atoms with Gasteiger partial charge < -0.3 is 5.32 Å². The van der Waals surface area contributed by atoms with Gasteiger partial charge in [0.15, 0.2) is 10.1 Å². The molecule has 0 aliphatic carbocycles. The van der Waals surface area contributed by atoms with Crippen LogP contribution in [0.4, 0.5) is 0 Å². The van der Waals surface area contributed by atoms with E-state index in [1.807, 2.05) is 57.2 Å². The lowest BCUT2D eigenvalue weighted by molar-refractivity contribution is -0.116. The van der Waals surface area contributed by atoms with Gasteiger partial charge >= 0.3 is 0 Å². The number of imidazole rings is 1. The van der Waals surface area contributed by atoms with Crippen LogP contribution in [-0.4, -0.2) is 25.1 Å². The van der Waals surface area contributed by atoms with Crippen LogP contribution in [0.25, 0.3) is 11.0 Å². The van der Waals surface area contributed by atoms with Crippen LogP contribution >= 0.6 is 22.9 Å². The van der Waals surface area contributed by atoms with Gasteiger partial charge in [0.1, 0.15) is 0 Å². The highest BCUT2D eigenvalue weighted by Gasteiger charge is 2.09. The molecule has 3 heterocycles. The van der Waals surface area contributed by atoms with Gasteiger partial charge in [-0.2, -0.15) is 5.10 Å². The lowest BCUT2D eigenvalue weighted by Gasteiger charge is -2.10. The molecule has 4 rings (SSSR count). The molecule has 0 spiro atoms. The van der Waals surface area contributed by atoms with Crippen LogP contribution in [0.3, 0.4) is 0 Å². The fourth-order valence-corrected chi connectivity index (χ4v) is 3.78. The third-order valence-electron chi connectivity index (χ3n) is 4.11. The first kappa shape index (κ1) is 17.5. The third-order valence-corrected chi connectivity index (χ3v) is 5.14. The van der Waals surface area contributed by atoms with Crippen LogP contribution in [0.5, 0.6) is 0 Å². The van der Waals surface area contributed by atoms with E-state index in [4.69, 9.17) is 11.6 Å². The van der Waals surface area contributed by atoms with Gasteiger partial charge in [-0.05, 0) is 23.3 Å². The molecule has 0 bridgehead atoms. The lowest BCUT2D eigenvalue weighted by atomic mass is 10.1. The molecular formula is C19H16ClN5OS. The Hall–Kier alpha value is -2.90. The molecule has 0 saturated carbocycles. The Morgan fingerprint density at radius 1 is 1.22 bits per heavy atom. The maximum atomic E-state index is 12.2. The summed E-state index contributed by atoms with van der Waals surface area (Å²) < 4.78 is 3.71. The smallest absolute Gasteiger partial charge is 0.244 e. The Morgan fingerprint density at radius 2 is 2.07 bits per heavy atom. The quantitative estimate of drug-likeness (QED) is 0.505. The van der Waals surface area contributed by atoms with Gasteiger partial charge in [-0.15, -0.1) is 11.3 Å². The molecule has 0 aliphatic rings. The number of hydrogen-bond donors (Lipinski definition) is 1. The zero-order chi connectivity index (χ0) is 18.6. The van der Waals surface area contributed by atoms with Gasteiger partial charge in [0.25, 0.3) is 0 Å². The van der Waals surface area contributed by atoms with E-state index in [0.29, 0.717) is 23.9 Å². The summed E-state index contributed by atoms with van der Waals surface area (Å²) in [6, 6.07) is 9.88. The molecule has 1 N–H and O–H groups in total. The van der Waals surface area contributed by atoms with Gasteiger partial charge in [0, 0.05) is 36.6 Å². The molecule has 0 fully saturated rings. The maximum absolute atomic E-state index is 12.2. The average Bonchev–Trinajstić information content (AvgIpc) is 3.38. The van der Waals surface area contributed by atoms with Crippen LogP contribution in [0.2, 0.25) is 5.15 Å². The number of benzene rings is 1. The molecule has 4 aromatic rings. The Labute approximate surface area is 164 Å². The first-order chi connectivity index (χ1) is 13.2. The highest BCUT2D eigenvalue weighted by atomic mass is 35.5. The summed E-state index contributed by atoms with van der Waals surface area (Å²) in [5, 5.41) is 9.46. The van der Waals surface area contributed by atoms with Gasteiger partial charge in [-0.1, -0.05) is 35.9 Å². The Bertz CT molecular complexity index is 1100. The number of nitrogens with zero attached hydrogens (tertiary/aromatic N) is 4. The van der Waals surface area contributed by atoms with E-state index in [1.54, 1.807) is 12.3 Å². The second-order valence-corrected chi connectivity index (χ2v) is 7.10. The summed E-state index contributed by atoms with van der Waals surface area (Å²) in [6.45, 7) is 1.10. The number of carbonyl (C=O) groups excluding carboxylic acids is 1. The van der Waals surface area contributed by atoms with Crippen molar-refractivity contribution in [2.45, 2.75) is 13.1 Å². The minimum atomic E-state index is -0.190. The van der Waals surface area contributed by atoms with Crippen molar-refractivity contribution in [2.24, 2.45) is 0 Å². The predicted octanol–water partition coefficient (Wildman–Crippen LogP) is 3.62. The molecule has 6 nitrogen and oxygen atoms in total. The third kappa shape index (κ3) is 3.94. The van der Waals surface area contributed by atoms with Crippen LogP contribution < -0.4 is 5.32 Å². The first-order valence-electron chi connectivity index (χ1n) is 8.32. The number of hydrogen-bond acceptors (Lipinski definition) is 4. The van der Waals surface area contributed by atoms with Gasteiger partial charge in [-0.25, -0.2) is 4.98 Å². The van der Waals surface area contributed by atoms with Crippen molar-refractivity contribution in [1.82, 2.24) is 24.5 Å². The summed E-state index contributed by atoms with van der Waals surface area (Å²) >= 11 is 7.63. The van der Waals surface area contributed by atoms with Crippen LogP contribution in [-0.2, 0) is 17.9 Å². The average molecular weight is 398 g/mol. The molecule has 0 atom stereocenters. The van der Waals surface area contributed by atoms with Crippen molar-refractivity contribution >= 4 is 39.9 Å². The molecule has 3 aromatic heterocycles. The summed E-state index contributed by atoms with van der Waals surface area (Å²) in [7, 11) is 0. The number of carbonyl (C=O) groups is 1. The van der Waals surface area contributed by atoms with E-state index < -0.39 is 0 Å². The van der Waals surface area contributed by atoms with E-state index in [-0.39, 0.29) is 5.91 Å². The van der Waals surface area contributed by atoms with Crippen molar-refractivity contribution < 1.29 is 4.79 Å². The summed E-state index contributed by atoms with van der Waals surface area (Å²) in [5.41, 5.74) is 2.86. The Balaban J connectivity index is 1.42. The molecule has 136 valence electrons. The first-order valence-corrected chi connectivity index (χ1v) is 9.57. The fraction of sp³-hybridized carbons (Fsp3) is 0.105. The number of rotatable bonds is 6. The predicted molar refractivity (Wildman–Crippen MR) is 107 cm³/mol. The summed E-state index contributed by atoms with van der Waals surface area (Å²) in [6.07, 6.45) is 8.70. The van der Waals surface area contributed by atoms with Crippen molar-refractivity contribution in [1.29, 1.82) is 0 Å². The fourth-order valence-electron chi connectivity index (χ4n) is 2.77. The zero-order valence-corrected chi connectivity index (χ0v) is 15.8. The van der Waals surface area contributed by atoms with Crippen LogP contribution in [0, 0.1) is 0 Å². The number of fused-ring (bicyclic) bond motifs is 1. The molecule has 0 unspecified atom stereocenters. The highest BCUT2D eigenvalue weighted by molar-refractivity contribution is 7.15.